The molecule has 0 saturated carbocycles. The Morgan fingerprint density at radius 2 is 0.909 bits per heavy atom. The molecule has 2 aromatic rings. The van der Waals surface area contributed by atoms with Gasteiger partial charge in [0.15, 0.2) is 0 Å². The predicted octanol–water partition coefficient (Wildman–Crippen LogP) is 5.74. The van der Waals surface area contributed by atoms with Crippen LogP contribution in [0.1, 0.15) is 11.1 Å². The van der Waals surface area contributed by atoms with E-state index in [1.165, 1.54) is 11.1 Å². The Morgan fingerprint density at radius 3 is 1.27 bits per heavy atom. The van der Waals surface area contributed by atoms with E-state index in [0.717, 1.165) is 0 Å². The van der Waals surface area contributed by atoms with Crippen molar-refractivity contribution in [1.82, 2.24) is 0 Å². The molecule has 1 heterocycles. The minimum atomic E-state index is -1.66. The summed E-state index contributed by atoms with van der Waals surface area (Å²) in [5.41, 5.74) is 8.09. The number of rotatable bonds is 2. The third kappa shape index (κ3) is 2.81. The van der Waals surface area contributed by atoms with Gasteiger partial charge < -0.3 is 0 Å². The van der Waals surface area contributed by atoms with Gasteiger partial charge in [-0.05, 0) is 11.1 Å². The Balaban J connectivity index is 2.16. The van der Waals surface area contributed by atoms with Gasteiger partial charge in [0, 0.05) is 0 Å². The van der Waals surface area contributed by atoms with Gasteiger partial charge in [0.1, 0.15) is 8.07 Å². The third-order valence-corrected chi connectivity index (χ3v) is 10.8. The van der Waals surface area contributed by atoms with Gasteiger partial charge in [0.05, 0.1) is 8.07 Å². The maximum atomic E-state index is 2.63. The Bertz CT molecular complexity index is 661. The van der Waals surface area contributed by atoms with Gasteiger partial charge >= 0.3 is 0 Å². The van der Waals surface area contributed by atoms with Crippen molar-refractivity contribution in [2.75, 3.05) is 0 Å². The molecule has 0 nitrogen and oxygen atoms in total. The van der Waals surface area contributed by atoms with E-state index in [4.69, 9.17) is 0 Å². The molecule has 1 aliphatic rings. The average Bonchev–Trinajstić information content (AvgIpc) is 2.51. The van der Waals surface area contributed by atoms with E-state index in [1.807, 2.05) is 0 Å². The van der Waals surface area contributed by atoms with Crippen LogP contribution in [0.15, 0.2) is 72.1 Å². The molecule has 0 fully saturated rings. The summed E-state index contributed by atoms with van der Waals surface area (Å²) in [5.74, 6) is 0. The maximum Gasteiger partial charge on any atom is 0.111 e. The Labute approximate surface area is 136 Å². The summed E-state index contributed by atoms with van der Waals surface area (Å²) in [6.07, 6.45) is 0. The van der Waals surface area contributed by atoms with Gasteiger partial charge in [0.2, 0.25) is 0 Å². The number of hydrogen-bond donors (Lipinski definition) is 0. The molecule has 1 aliphatic heterocycles. The fourth-order valence-electron chi connectivity index (χ4n) is 3.42. The molecule has 0 N–H and O–H groups in total. The average molecular weight is 321 g/mol. The molecule has 0 amide bonds. The van der Waals surface area contributed by atoms with Crippen molar-refractivity contribution in [3.8, 4) is 0 Å². The van der Waals surface area contributed by atoms with E-state index in [9.17, 15) is 0 Å². The zero-order chi connectivity index (χ0) is 15.8. The summed E-state index contributed by atoms with van der Waals surface area (Å²) in [6, 6.07) is 22.0. The Morgan fingerprint density at radius 1 is 0.545 bits per heavy atom. The maximum absolute atomic E-state index is 2.63. The number of hydrogen-bond acceptors (Lipinski definition) is 0. The quantitative estimate of drug-likeness (QED) is 0.619. The highest BCUT2D eigenvalue weighted by atomic mass is 28.3. The normalized spacial score (nSPS) is 19.3. The first kappa shape index (κ1) is 15.3. The van der Waals surface area contributed by atoms with E-state index in [1.54, 1.807) is 10.4 Å². The zero-order valence-electron chi connectivity index (χ0n) is 13.9. The molecule has 0 spiro atoms. The van der Waals surface area contributed by atoms with Gasteiger partial charge in [-0.1, -0.05) is 109 Å². The molecule has 0 aliphatic carbocycles. The summed E-state index contributed by atoms with van der Waals surface area (Å²) in [6.45, 7) is 9.88. The molecule has 0 aromatic heterocycles. The summed E-state index contributed by atoms with van der Waals surface area (Å²) in [7, 11) is -3.12. The molecular formula is C20H24Si2. The second-order valence-electron chi connectivity index (χ2n) is 7.29. The van der Waals surface area contributed by atoms with Crippen molar-refractivity contribution >= 4 is 26.5 Å². The molecule has 2 aromatic carbocycles. The summed E-state index contributed by atoms with van der Waals surface area (Å²) in [5, 5.41) is 3.23. The van der Waals surface area contributed by atoms with E-state index in [-0.39, 0.29) is 0 Å². The first-order valence-electron chi connectivity index (χ1n) is 7.98. The summed E-state index contributed by atoms with van der Waals surface area (Å²) >= 11 is 0. The molecule has 0 radical (unpaired) electrons. The van der Waals surface area contributed by atoms with Crippen molar-refractivity contribution in [1.29, 1.82) is 0 Å². The second kappa shape index (κ2) is 5.52. The molecular weight excluding hydrogens is 296 g/mol. The van der Waals surface area contributed by atoms with Gasteiger partial charge in [-0.25, -0.2) is 0 Å². The fraction of sp³-hybridized carbons (Fsp3) is 0.200. The van der Waals surface area contributed by atoms with Crippen molar-refractivity contribution in [3.63, 3.8) is 0 Å². The van der Waals surface area contributed by atoms with Crippen molar-refractivity contribution in [2.45, 2.75) is 26.2 Å². The van der Waals surface area contributed by atoms with Gasteiger partial charge in [-0.2, -0.15) is 0 Å². The first-order valence-corrected chi connectivity index (χ1v) is 14.1. The van der Waals surface area contributed by atoms with Crippen LogP contribution in [0.3, 0.4) is 0 Å². The largest absolute Gasteiger partial charge is 0.111 e. The highest BCUT2D eigenvalue weighted by molar-refractivity contribution is 7.13. The molecule has 22 heavy (non-hydrogen) atoms. The molecule has 2 heteroatoms. The first-order chi connectivity index (χ1) is 10.4. The molecule has 0 unspecified atom stereocenters. The Kier molecular flexibility index (Phi) is 3.83. The standard InChI is InChI=1S/C20H24Si2/c1-21(2)15-19(17-11-7-5-8-12-17)22(3,4)20(16-21)18-13-9-6-10-14-18/h5-16H,1-4H3. The lowest BCUT2D eigenvalue weighted by Gasteiger charge is -2.37. The van der Waals surface area contributed by atoms with Gasteiger partial charge in [0.25, 0.3) is 0 Å². The van der Waals surface area contributed by atoms with E-state index < -0.39 is 16.1 Å². The summed E-state index contributed by atoms with van der Waals surface area (Å²) in [4.78, 5) is 0. The third-order valence-electron chi connectivity index (χ3n) is 4.55. The lowest BCUT2D eigenvalue weighted by molar-refractivity contribution is 1.59. The van der Waals surface area contributed by atoms with Gasteiger partial charge in [-0.15, -0.1) is 0 Å². The van der Waals surface area contributed by atoms with E-state index in [2.05, 4.69) is 98.3 Å². The van der Waals surface area contributed by atoms with Crippen LogP contribution in [-0.2, 0) is 0 Å². The van der Waals surface area contributed by atoms with E-state index in [0.29, 0.717) is 0 Å². The predicted molar refractivity (Wildman–Crippen MR) is 104 cm³/mol. The van der Waals surface area contributed by atoms with Crippen molar-refractivity contribution in [2.24, 2.45) is 0 Å². The Hall–Kier alpha value is -1.65. The van der Waals surface area contributed by atoms with Gasteiger partial charge in [-0.3, -0.25) is 0 Å². The van der Waals surface area contributed by atoms with E-state index >= 15 is 0 Å². The second-order valence-corrected chi connectivity index (χ2v) is 15.8. The minimum Gasteiger partial charge on any atom is -0.0905 e. The molecule has 0 bridgehead atoms. The van der Waals surface area contributed by atoms with Crippen LogP contribution in [0.25, 0.3) is 10.4 Å². The molecule has 0 atom stereocenters. The van der Waals surface area contributed by atoms with Crippen LogP contribution in [0, 0.1) is 0 Å². The summed E-state index contributed by atoms with van der Waals surface area (Å²) < 4.78 is 0. The molecule has 112 valence electrons. The molecule has 3 rings (SSSR count). The highest BCUT2D eigenvalue weighted by Gasteiger charge is 2.38. The van der Waals surface area contributed by atoms with Crippen LogP contribution in [0.2, 0.25) is 26.2 Å². The van der Waals surface area contributed by atoms with Crippen LogP contribution in [0.5, 0.6) is 0 Å². The smallest absolute Gasteiger partial charge is 0.0905 e. The minimum absolute atomic E-state index is 1.42. The van der Waals surface area contributed by atoms with Crippen LogP contribution in [0.4, 0.5) is 0 Å². The topological polar surface area (TPSA) is 0 Å². The lowest BCUT2D eigenvalue weighted by Crippen LogP contribution is -2.39. The SMILES string of the molecule is C[Si]1(C)C=C(c2ccccc2)[Si](C)(C)C(c2ccccc2)=C1. The van der Waals surface area contributed by atoms with Crippen molar-refractivity contribution in [3.05, 3.63) is 83.2 Å². The zero-order valence-corrected chi connectivity index (χ0v) is 15.9. The monoisotopic (exact) mass is 320 g/mol. The lowest BCUT2D eigenvalue weighted by atomic mass is 10.2. The number of benzene rings is 2. The van der Waals surface area contributed by atoms with Crippen LogP contribution < -0.4 is 0 Å². The van der Waals surface area contributed by atoms with Crippen LogP contribution in [-0.4, -0.2) is 16.1 Å². The molecule has 0 saturated heterocycles. The highest BCUT2D eigenvalue weighted by Crippen LogP contribution is 2.42. The van der Waals surface area contributed by atoms with Crippen molar-refractivity contribution < 1.29 is 0 Å². The van der Waals surface area contributed by atoms with Crippen LogP contribution >= 0.6 is 0 Å². The fourth-order valence-corrected chi connectivity index (χ4v) is 12.5.